The number of rotatable bonds is 10. The van der Waals surface area contributed by atoms with Crippen LogP contribution in [0.4, 0.5) is 0 Å². The van der Waals surface area contributed by atoms with Crippen LogP contribution in [0, 0.1) is 11.8 Å². The van der Waals surface area contributed by atoms with Crippen molar-refractivity contribution in [3.8, 4) is 17.8 Å². The minimum Gasteiger partial charge on any atom is -0.481 e. The first kappa shape index (κ1) is 25.5. The maximum atomic E-state index is 13.0. The molecule has 0 bridgehead atoms. The van der Waals surface area contributed by atoms with Gasteiger partial charge < -0.3 is 24.3 Å². The lowest BCUT2D eigenvalue weighted by Crippen LogP contribution is -2.51. The molecule has 1 heterocycles. The first-order chi connectivity index (χ1) is 13.9. The van der Waals surface area contributed by atoms with Gasteiger partial charge in [-0.25, -0.2) is 4.79 Å². The monoisotopic (exact) mass is 425 g/mol. The summed E-state index contributed by atoms with van der Waals surface area (Å²) in [6, 6.07) is 0.651. The molecule has 9 nitrogen and oxygen atoms in total. The third-order valence-corrected chi connectivity index (χ3v) is 3.89. The normalized spacial score (nSPS) is 13.6. The number of carbonyl (C=O) groups is 2. The maximum absolute atomic E-state index is 13.0. The fourth-order valence-electron chi connectivity index (χ4n) is 2.56. The van der Waals surface area contributed by atoms with E-state index in [1.54, 1.807) is 20.8 Å². The van der Waals surface area contributed by atoms with Crippen molar-refractivity contribution in [2.75, 3.05) is 14.2 Å². The third kappa shape index (κ3) is 8.42. The van der Waals surface area contributed by atoms with Crippen molar-refractivity contribution in [2.24, 2.45) is 11.8 Å². The van der Waals surface area contributed by atoms with Gasteiger partial charge in [0.05, 0.1) is 20.3 Å². The number of esters is 1. The molecular formula is C21H35N3O6. The molecule has 1 amide bonds. The summed E-state index contributed by atoms with van der Waals surface area (Å²) in [6.07, 6.45) is -0.492. The Hall–Kier alpha value is -2.58. The molecule has 1 rings (SSSR count). The fourth-order valence-corrected chi connectivity index (χ4v) is 2.56. The molecule has 2 unspecified atom stereocenters. The van der Waals surface area contributed by atoms with Gasteiger partial charge in [0.15, 0.2) is 6.10 Å². The lowest BCUT2D eigenvalue weighted by Gasteiger charge is -2.27. The summed E-state index contributed by atoms with van der Waals surface area (Å²) in [4.78, 5) is 33.8. The van der Waals surface area contributed by atoms with E-state index in [2.05, 4.69) is 15.3 Å². The number of hydrogen-bond acceptors (Lipinski definition) is 8. The van der Waals surface area contributed by atoms with Gasteiger partial charge in [0.1, 0.15) is 11.6 Å². The van der Waals surface area contributed by atoms with E-state index in [4.69, 9.17) is 18.9 Å². The Morgan fingerprint density at radius 3 is 1.97 bits per heavy atom. The fraction of sp³-hybridized carbons (Fsp3) is 0.714. The molecule has 0 aliphatic carbocycles. The van der Waals surface area contributed by atoms with Crippen LogP contribution < -0.4 is 19.5 Å². The van der Waals surface area contributed by atoms with Gasteiger partial charge in [-0.2, -0.15) is 9.97 Å². The zero-order valence-electron chi connectivity index (χ0n) is 19.4. The van der Waals surface area contributed by atoms with E-state index in [1.165, 1.54) is 20.3 Å². The number of nitrogens with zero attached hydrogens (tertiary/aromatic N) is 2. The Balaban J connectivity index is 3.04. The highest BCUT2D eigenvalue weighted by Crippen LogP contribution is 2.21. The largest absolute Gasteiger partial charge is 0.481 e. The van der Waals surface area contributed by atoms with Crippen molar-refractivity contribution in [1.29, 1.82) is 0 Å². The van der Waals surface area contributed by atoms with Gasteiger partial charge in [0, 0.05) is 0 Å². The first-order valence-electron chi connectivity index (χ1n) is 10.0. The minimum absolute atomic E-state index is 0.0577. The number of carbonyl (C=O) groups excluding carboxylic acids is 2. The van der Waals surface area contributed by atoms with Crippen molar-refractivity contribution < 1.29 is 28.5 Å². The lowest BCUT2D eigenvalue weighted by atomic mass is 10.0. The van der Waals surface area contributed by atoms with Gasteiger partial charge in [-0.15, -0.1) is 0 Å². The number of hydrogen-bond donors (Lipinski definition) is 1. The highest BCUT2D eigenvalue weighted by atomic mass is 16.6. The molecule has 1 N–H and O–H groups in total. The molecular weight excluding hydrogens is 390 g/mol. The summed E-state index contributed by atoms with van der Waals surface area (Å²) in [7, 11) is 2.91. The average molecular weight is 426 g/mol. The molecule has 0 saturated carbocycles. The molecule has 0 fully saturated rings. The highest BCUT2D eigenvalue weighted by Gasteiger charge is 2.32. The van der Waals surface area contributed by atoms with Crippen LogP contribution >= 0.6 is 0 Å². The molecule has 1 aromatic rings. The maximum Gasteiger partial charge on any atom is 0.329 e. The van der Waals surface area contributed by atoms with Crippen molar-refractivity contribution in [3.05, 3.63) is 6.07 Å². The Morgan fingerprint density at radius 2 is 1.57 bits per heavy atom. The van der Waals surface area contributed by atoms with E-state index < -0.39 is 29.6 Å². The average Bonchev–Trinajstić information content (AvgIpc) is 2.63. The molecule has 30 heavy (non-hydrogen) atoms. The Morgan fingerprint density at radius 1 is 1.03 bits per heavy atom. The van der Waals surface area contributed by atoms with E-state index in [1.807, 2.05) is 27.7 Å². The summed E-state index contributed by atoms with van der Waals surface area (Å²) < 4.78 is 21.5. The summed E-state index contributed by atoms with van der Waals surface area (Å²) in [5.74, 6) is -0.494. The standard InChI is InChI=1S/C21H35N3O6/c1-12(2)10-14(19(26)30-21(5,6)7)22-18(25)17(13(3)4)29-20-23-15(27-8)11-16(24-20)28-9/h11-14,17H,10H2,1-9H3,(H,22,25). The zero-order valence-corrected chi connectivity index (χ0v) is 19.4. The highest BCUT2D eigenvalue weighted by molar-refractivity contribution is 5.87. The van der Waals surface area contributed by atoms with Gasteiger partial charge >= 0.3 is 12.0 Å². The van der Waals surface area contributed by atoms with E-state index >= 15 is 0 Å². The van der Waals surface area contributed by atoms with Crippen LogP contribution in [0.25, 0.3) is 0 Å². The molecule has 170 valence electrons. The molecule has 0 saturated heterocycles. The van der Waals surface area contributed by atoms with Gasteiger partial charge in [-0.05, 0) is 39.0 Å². The van der Waals surface area contributed by atoms with Gasteiger partial charge in [-0.3, -0.25) is 4.79 Å². The van der Waals surface area contributed by atoms with Crippen LogP contribution in [-0.2, 0) is 14.3 Å². The van der Waals surface area contributed by atoms with Crippen LogP contribution in [0.5, 0.6) is 17.8 Å². The number of aromatic nitrogens is 2. The van der Waals surface area contributed by atoms with Crippen molar-refractivity contribution in [3.63, 3.8) is 0 Å². The Labute approximate surface area is 178 Å². The van der Waals surface area contributed by atoms with Crippen LogP contribution in [0.2, 0.25) is 0 Å². The van der Waals surface area contributed by atoms with E-state index in [0.29, 0.717) is 6.42 Å². The number of methoxy groups -OCH3 is 2. The quantitative estimate of drug-likeness (QED) is 0.570. The van der Waals surface area contributed by atoms with E-state index in [0.717, 1.165) is 0 Å². The number of nitrogens with one attached hydrogen (secondary N) is 1. The first-order valence-corrected chi connectivity index (χ1v) is 10.0. The topological polar surface area (TPSA) is 109 Å². The minimum atomic E-state index is -0.932. The van der Waals surface area contributed by atoms with Crippen LogP contribution in [0.15, 0.2) is 6.07 Å². The molecule has 1 aromatic heterocycles. The summed E-state index contributed by atoms with van der Waals surface area (Å²) >= 11 is 0. The molecule has 0 aliphatic rings. The zero-order chi connectivity index (χ0) is 23.1. The van der Waals surface area contributed by atoms with Crippen LogP contribution in [-0.4, -0.2) is 53.8 Å². The van der Waals surface area contributed by atoms with Crippen LogP contribution in [0.3, 0.4) is 0 Å². The Bertz CT molecular complexity index is 693. The third-order valence-electron chi connectivity index (χ3n) is 3.89. The van der Waals surface area contributed by atoms with Gasteiger partial charge in [0.25, 0.3) is 5.91 Å². The van der Waals surface area contributed by atoms with Crippen molar-refractivity contribution in [2.45, 2.75) is 72.6 Å². The van der Waals surface area contributed by atoms with E-state index in [-0.39, 0.29) is 29.6 Å². The molecule has 0 radical (unpaired) electrons. The predicted molar refractivity (Wildman–Crippen MR) is 112 cm³/mol. The molecule has 0 aliphatic heterocycles. The Kier molecular flexibility index (Phi) is 9.32. The second kappa shape index (κ2) is 11.0. The molecule has 2 atom stereocenters. The van der Waals surface area contributed by atoms with Crippen LogP contribution in [0.1, 0.15) is 54.9 Å². The molecule has 0 aromatic carbocycles. The van der Waals surface area contributed by atoms with Gasteiger partial charge in [0.2, 0.25) is 11.8 Å². The summed E-state index contributed by atoms with van der Waals surface area (Å²) in [5.41, 5.74) is -0.657. The lowest BCUT2D eigenvalue weighted by molar-refractivity contribution is -0.159. The summed E-state index contributed by atoms with van der Waals surface area (Å²) in [6.45, 7) is 12.9. The predicted octanol–water partition coefficient (Wildman–Crippen LogP) is 2.77. The smallest absolute Gasteiger partial charge is 0.329 e. The van der Waals surface area contributed by atoms with Crippen molar-refractivity contribution >= 4 is 11.9 Å². The molecule has 9 heteroatoms. The van der Waals surface area contributed by atoms with Crippen molar-refractivity contribution in [1.82, 2.24) is 15.3 Å². The second-order valence-corrected chi connectivity index (χ2v) is 8.74. The number of ether oxygens (including phenoxy) is 4. The SMILES string of the molecule is COc1cc(OC)nc(OC(C(=O)NC(CC(C)C)C(=O)OC(C)(C)C)C(C)C)n1. The second-order valence-electron chi connectivity index (χ2n) is 8.74. The van der Waals surface area contributed by atoms with Gasteiger partial charge in [-0.1, -0.05) is 27.7 Å². The summed E-state index contributed by atoms with van der Waals surface area (Å²) in [5, 5.41) is 2.77. The molecule has 0 spiro atoms. The van der Waals surface area contributed by atoms with E-state index in [9.17, 15) is 9.59 Å². The number of amides is 1.